The monoisotopic (exact) mass is 850 g/mol. The Bertz CT molecular complexity index is 3820. The summed E-state index contributed by atoms with van der Waals surface area (Å²) >= 11 is 0. The van der Waals surface area contributed by atoms with Crippen molar-refractivity contribution in [3.05, 3.63) is 271 Å². The Morgan fingerprint density at radius 2 is 0.896 bits per heavy atom. The number of anilines is 2. The molecule has 0 atom stereocenters. The van der Waals surface area contributed by atoms with Gasteiger partial charge in [-0.25, -0.2) is 0 Å². The molecule has 2 aliphatic rings. The Balaban J connectivity index is 1.09. The molecule has 1 aromatic heterocycles. The fraction of sp³-hybridized carbons (Fsp3) is 0.0154. The molecule has 0 unspecified atom stereocenters. The van der Waals surface area contributed by atoms with Crippen LogP contribution in [0.5, 0.6) is 0 Å². The molecule has 0 saturated carbocycles. The Labute approximate surface area is 389 Å². The molecular weight excluding hydrogens is 809 g/mol. The molecule has 0 fully saturated rings. The standard InChI is InChI=1S/C65H42N2/c1-4-14-42(15-5-1)44-26-31-49(32-27-44)65(50-33-28-45(29-34-50)43-16-6-2-7-17-43)57-38-36-53(47-25-24-46-30-35-52(41-48(46)40-47)66-51-18-8-3-9-19-51)61-56-21-11-13-23-60(56)67-59-22-12-10-20-54(59)55-37-39-58(65)63(62(57)61)64(55)67/h1-41,66H. The van der Waals surface area contributed by atoms with E-state index in [1.165, 1.54) is 116 Å². The zero-order valence-electron chi connectivity index (χ0n) is 36.6. The van der Waals surface area contributed by atoms with Gasteiger partial charge in [-0.15, -0.1) is 0 Å². The third-order valence-corrected chi connectivity index (χ3v) is 14.6. The molecule has 2 heteroatoms. The molecule has 0 amide bonds. The highest BCUT2D eigenvalue weighted by molar-refractivity contribution is 6.20. The molecule has 0 radical (unpaired) electrons. The largest absolute Gasteiger partial charge is 0.356 e. The second-order valence-electron chi connectivity index (χ2n) is 18.1. The van der Waals surface area contributed by atoms with Gasteiger partial charge >= 0.3 is 0 Å². The molecule has 2 heterocycles. The first-order valence-electron chi connectivity index (χ1n) is 23.2. The van der Waals surface area contributed by atoms with Crippen LogP contribution in [0, 0.1) is 0 Å². The van der Waals surface area contributed by atoms with Crippen LogP contribution < -0.4 is 5.32 Å². The fourth-order valence-corrected chi connectivity index (χ4v) is 11.6. The van der Waals surface area contributed by atoms with Gasteiger partial charge in [-0.05, 0) is 120 Å². The number of hydrogen-bond acceptors (Lipinski definition) is 1. The van der Waals surface area contributed by atoms with E-state index in [2.05, 4.69) is 259 Å². The average Bonchev–Trinajstić information content (AvgIpc) is 3.85. The van der Waals surface area contributed by atoms with Crippen molar-refractivity contribution in [3.63, 3.8) is 0 Å². The lowest BCUT2D eigenvalue weighted by Gasteiger charge is -2.35. The first-order chi connectivity index (χ1) is 33.2. The van der Waals surface area contributed by atoms with Gasteiger partial charge in [0.25, 0.3) is 0 Å². The number of fused-ring (bicyclic) bond motifs is 7. The summed E-state index contributed by atoms with van der Waals surface area (Å²) in [6.07, 6.45) is 0. The summed E-state index contributed by atoms with van der Waals surface area (Å²) in [5, 5.41) is 8.58. The lowest BCUT2D eigenvalue weighted by Crippen LogP contribution is -2.28. The first-order valence-corrected chi connectivity index (χ1v) is 23.2. The highest BCUT2D eigenvalue weighted by atomic mass is 15.0. The zero-order chi connectivity index (χ0) is 44.1. The SMILES string of the molecule is c1ccc(Nc2ccc3ccc(-c4ccc5c6c4-c4ccccc4-n4c7ccccc7c7ccc(c-6c74)C5(c4ccc(-c5ccccc5)cc4)c4ccc(-c5ccccc5)cc4)cc3c2)cc1. The van der Waals surface area contributed by atoms with Gasteiger partial charge in [0.05, 0.1) is 22.1 Å². The molecule has 0 spiro atoms. The minimum atomic E-state index is -0.633. The molecule has 0 saturated heterocycles. The molecule has 12 aromatic rings. The van der Waals surface area contributed by atoms with Crippen LogP contribution in [-0.2, 0) is 5.41 Å². The van der Waals surface area contributed by atoms with Crippen molar-refractivity contribution in [1.82, 2.24) is 4.57 Å². The predicted molar refractivity (Wildman–Crippen MR) is 281 cm³/mol. The summed E-state index contributed by atoms with van der Waals surface area (Å²) in [6.45, 7) is 0. The maximum absolute atomic E-state index is 3.64. The average molecular weight is 851 g/mol. The topological polar surface area (TPSA) is 17.0 Å². The van der Waals surface area contributed by atoms with E-state index in [9.17, 15) is 0 Å². The van der Waals surface area contributed by atoms with Gasteiger partial charge in [-0.3, -0.25) is 0 Å². The van der Waals surface area contributed by atoms with Crippen molar-refractivity contribution in [2.24, 2.45) is 0 Å². The molecule has 1 N–H and O–H groups in total. The second-order valence-corrected chi connectivity index (χ2v) is 18.1. The minimum Gasteiger partial charge on any atom is -0.356 e. The lowest BCUT2D eigenvalue weighted by atomic mass is 9.67. The Morgan fingerprint density at radius 3 is 1.61 bits per heavy atom. The quantitative estimate of drug-likeness (QED) is 0.169. The van der Waals surface area contributed by atoms with Gasteiger partial charge in [0.2, 0.25) is 0 Å². The Kier molecular flexibility index (Phi) is 8.23. The van der Waals surface area contributed by atoms with E-state index in [1.54, 1.807) is 0 Å². The van der Waals surface area contributed by atoms with Gasteiger partial charge in [-0.1, -0.05) is 206 Å². The summed E-state index contributed by atoms with van der Waals surface area (Å²) in [4.78, 5) is 0. The summed E-state index contributed by atoms with van der Waals surface area (Å²) in [5.41, 5.74) is 22.7. The van der Waals surface area contributed by atoms with Crippen molar-refractivity contribution in [2.75, 3.05) is 5.32 Å². The number of aromatic nitrogens is 1. The summed E-state index contributed by atoms with van der Waals surface area (Å²) < 4.78 is 2.57. The number of benzene rings is 11. The Morgan fingerprint density at radius 1 is 0.328 bits per heavy atom. The van der Waals surface area contributed by atoms with Gasteiger partial charge in [0.15, 0.2) is 0 Å². The number of hydrogen-bond donors (Lipinski definition) is 1. The molecule has 14 rings (SSSR count). The third kappa shape index (κ3) is 5.57. The Hall–Kier alpha value is -8.72. The lowest BCUT2D eigenvalue weighted by molar-refractivity contribution is 0.769. The van der Waals surface area contributed by atoms with Crippen LogP contribution in [0.4, 0.5) is 11.4 Å². The number of para-hydroxylation sites is 3. The first kappa shape index (κ1) is 37.6. The van der Waals surface area contributed by atoms with Crippen molar-refractivity contribution >= 4 is 44.0 Å². The summed E-state index contributed by atoms with van der Waals surface area (Å²) in [6, 6.07) is 92.3. The highest BCUT2D eigenvalue weighted by Gasteiger charge is 2.49. The van der Waals surface area contributed by atoms with Gasteiger partial charge < -0.3 is 9.88 Å². The highest BCUT2D eigenvalue weighted by Crippen LogP contribution is 2.63. The van der Waals surface area contributed by atoms with E-state index in [0.717, 1.165) is 11.4 Å². The van der Waals surface area contributed by atoms with E-state index in [-0.39, 0.29) is 0 Å². The molecule has 11 aromatic carbocycles. The van der Waals surface area contributed by atoms with E-state index in [0.29, 0.717) is 0 Å². The summed E-state index contributed by atoms with van der Waals surface area (Å²) in [5.74, 6) is 0. The molecule has 1 aliphatic carbocycles. The second kappa shape index (κ2) is 14.7. The van der Waals surface area contributed by atoms with E-state index in [4.69, 9.17) is 0 Å². The minimum absolute atomic E-state index is 0.633. The predicted octanol–water partition coefficient (Wildman–Crippen LogP) is 17.0. The van der Waals surface area contributed by atoms with Crippen molar-refractivity contribution < 1.29 is 0 Å². The maximum atomic E-state index is 3.64. The smallest absolute Gasteiger partial charge is 0.0714 e. The van der Waals surface area contributed by atoms with Crippen LogP contribution in [-0.4, -0.2) is 4.57 Å². The van der Waals surface area contributed by atoms with E-state index >= 15 is 0 Å². The van der Waals surface area contributed by atoms with Gasteiger partial charge in [0.1, 0.15) is 0 Å². The van der Waals surface area contributed by atoms with Crippen LogP contribution in [0.3, 0.4) is 0 Å². The van der Waals surface area contributed by atoms with E-state index < -0.39 is 5.41 Å². The molecule has 0 bridgehead atoms. The number of nitrogens with one attached hydrogen (secondary N) is 1. The third-order valence-electron chi connectivity index (χ3n) is 14.6. The van der Waals surface area contributed by atoms with Crippen LogP contribution >= 0.6 is 0 Å². The maximum Gasteiger partial charge on any atom is 0.0714 e. The van der Waals surface area contributed by atoms with Gasteiger partial charge in [-0.2, -0.15) is 0 Å². The molecular formula is C65H42N2. The zero-order valence-corrected chi connectivity index (χ0v) is 36.6. The van der Waals surface area contributed by atoms with Crippen molar-refractivity contribution in [3.8, 4) is 61.3 Å². The fourth-order valence-electron chi connectivity index (χ4n) is 11.6. The molecule has 67 heavy (non-hydrogen) atoms. The normalized spacial score (nSPS) is 12.9. The van der Waals surface area contributed by atoms with Crippen LogP contribution in [0.25, 0.3) is 93.9 Å². The molecule has 2 nitrogen and oxygen atoms in total. The molecule has 312 valence electrons. The van der Waals surface area contributed by atoms with Crippen LogP contribution in [0.1, 0.15) is 22.3 Å². The number of rotatable bonds is 7. The summed E-state index contributed by atoms with van der Waals surface area (Å²) in [7, 11) is 0. The van der Waals surface area contributed by atoms with E-state index in [1.807, 2.05) is 0 Å². The van der Waals surface area contributed by atoms with Crippen molar-refractivity contribution in [2.45, 2.75) is 5.41 Å². The van der Waals surface area contributed by atoms with Gasteiger partial charge in [0, 0.05) is 33.3 Å². The van der Waals surface area contributed by atoms with Crippen molar-refractivity contribution in [1.29, 1.82) is 0 Å². The van der Waals surface area contributed by atoms with Crippen LogP contribution in [0.2, 0.25) is 0 Å². The van der Waals surface area contributed by atoms with Crippen LogP contribution in [0.15, 0.2) is 249 Å². The molecule has 1 aliphatic heterocycles. The number of nitrogens with zero attached hydrogens (tertiary/aromatic N) is 1.